The number of carbonyl (C=O) groups excluding carboxylic acids is 2. The number of morpholine rings is 1. The molecule has 0 saturated carbocycles. The number of rotatable bonds is 3. The molecule has 2 unspecified atom stereocenters. The van der Waals surface area contributed by atoms with Crippen LogP contribution in [-0.4, -0.2) is 84.6 Å². The van der Waals surface area contributed by atoms with Gasteiger partial charge in [0.25, 0.3) is 5.91 Å². The molecular formula is C18H27N5O3S. The van der Waals surface area contributed by atoms with Crippen molar-refractivity contribution in [1.29, 1.82) is 0 Å². The number of aromatic nitrogens is 1. The monoisotopic (exact) mass is 393 g/mol. The summed E-state index contributed by atoms with van der Waals surface area (Å²) < 4.78 is 5.32. The molecule has 0 aliphatic carbocycles. The van der Waals surface area contributed by atoms with Gasteiger partial charge in [-0.1, -0.05) is 0 Å². The number of fused-ring (bicyclic) bond motifs is 1. The number of piperazine rings is 1. The first-order valence-electron chi connectivity index (χ1n) is 9.71. The van der Waals surface area contributed by atoms with Crippen LogP contribution in [0.5, 0.6) is 0 Å². The van der Waals surface area contributed by atoms with Gasteiger partial charge in [-0.25, -0.2) is 4.98 Å². The molecule has 4 heterocycles. The van der Waals surface area contributed by atoms with E-state index in [1.54, 1.807) is 0 Å². The zero-order valence-corrected chi connectivity index (χ0v) is 16.5. The Morgan fingerprint density at radius 2 is 2.11 bits per heavy atom. The van der Waals surface area contributed by atoms with Gasteiger partial charge in [0.1, 0.15) is 0 Å². The molecule has 3 aliphatic rings. The Labute approximate surface area is 163 Å². The molecule has 2 saturated heterocycles. The third-order valence-electron chi connectivity index (χ3n) is 5.46. The summed E-state index contributed by atoms with van der Waals surface area (Å²) in [5.41, 5.74) is 1.05. The molecule has 1 aromatic heterocycles. The number of ether oxygens (including phenoxy) is 1. The quantitative estimate of drug-likeness (QED) is 0.742. The second-order valence-corrected chi connectivity index (χ2v) is 8.51. The smallest absolute Gasteiger partial charge is 0.283 e. The number of hydrogen-bond donors (Lipinski definition) is 2. The fraction of sp³-hybridized carbons (Fsp3) is 0.722. The molecule has 3 aliphatic heterocycles. The van der Waals surface area contributed by atoms with Crippen LogP contribution in [0.4, 0.5) is 0 Å². The Balaban J connectivity index is 1.45. The molecule has 4 rings (SSSR count). The number of nitrogens with zero attached hydrogens (tertiary/aromatic N) is 3. The summed E-state index contributed by atoms with van der Waals surface area (Å²) in [6.45, 7) is 7.37. The zero-order valence-electron chi connectivity index (χ0n) is 15.7. The maximum atomic E-state index is 13.1. The van der Waals surface area contributed by atoms with Gasteiger partial charge in [-0.2, -0.15) is 0 Å². The molecule has 1 aromatic rings. The van der Waals surface area contributed by atoms with Crippen molar-refractivity contribution in [3.8, 4) is 0 Å². The summed E-state index contributed by atoms with van der Waals surface area (Å²) in [4.78, 5) is 35.3. The first-order chi connectivity index (χ1) is 13.1. The van der Waals surface area contributed by atoms with E-state index in [-0.39, 0.29) is 17.9 Å². The number of hydrogen-bond acceptors (Lipinski definition) is 7. The van der Waals surface area contributed by atoms with Gasteiger partial charge in [-0.15, -0.1) is 11.3 Å². The van der Waals surface area contributed by atoms with E-state index in [1.807, 2.05) is 9.80 Å². The minimum Gasteiger partial charge on any atom is -0.378 e. The van der Waals surface area contributed by atoms with Gasteiger partial charge in [-0.3, -0.25) is 9.59 Å². The van der Waals surface area contributed by atoms with Crippen molar-refractivity contribution in [1.82, 2.24) is 25.4 Å². The lowest BCUT2D eigenvalue weighted by Gasteiger charge is -2.37. The second-order valence-electron chi connectivity index (χ2n) is 7.43. The zero-order chi connectivity index (χ0) is 18.8. The highest BCUT2D eigenvalue weighted by atomic mass is 32.1. The maximum Gasteiger partial charge on any atom is 0.283 e. The molecule has 2 amide bonds. The van der Waals surface area contributed by atoms with Crippen molar-refractivity contribution in [2.75, 3.05) is 45.9 Å². The summed E-state index contributed by atoms with van der Waals surface area (Å²) >= 11 is 1.49. The third-order valence-corrected chi connectivity index (χ3v) is 6.54. The number of carbonyl (C=O) groups is 2. The minimum absolute atomic E-state index is 0.0386. The SMILES string of the molecule is CC1Cc2nc(C(=O)N3CCNCC3CC(=O)N3CCOCC3)sc2CN1. The van der Waals surface area contributed by atoms with E-state index in [2.05, 4.69) is 22.5 Å². The van der Waals surface area contributed by atoms with Gasteiger partial charge in [0.2, 0.25) is 5.91 Å². The largest absolute Gasteiger partial charge is 0.378 e. The highest BCUT2D eigenvalue weighted by Gasteiger charge is 2.33. The van der Waals surface area contributed by atoms with E-state index in [0.717, 1.165) is 30.1 Å². The first kappa shape index (κ1) is 18.8. The minimum atomic E-state index is -0.125. The van der Waals surface area contributed by atoms with Gasteiger partial charge in [0, 0.05) is 63.0 Å². The van der Waals surface area contributed by atoms with Crippen molar-refractivity contribution < 1.29 is 14.3 Å². The molecule has 8 nitrogen and oxygen atoms in total. The standard InChI is InChI=1S/C18H27N5O3S/c1-12-8-14-15(11-20-12)27-17(21-14)18(25)23-3-2-19-10-13(23)9-16(24)22-4-6-26-7-5-22/h12-13,19-20H,2-11H2,1H3. The summed E-state index contributed by atoms with van der Waals surface area (Å²) in [5.74, 6) is 0.0598. The normalized spacial score (nSPS) is 26.0. The Bertz CT molecular complexity index is 703. The molecular weight excluding hydrogens is 366 g/mol. The van der Waals surface area contributed by atoms with Crippen LogP contribution in [0.25, 0.3) is 0 Å². The van der Waals surface area contributed by atoms with Gasteiger partial charge in [0.15, 0.2) is 5.01 Å². The number of nitrogens with one attached hydrogen (secondary N) is 2. The van der Waals surface area contributed by atoms with Gasteiger partial charge >= 0.3 is 0 Å². The lowest BCUT2D eigenvalue weighted by atomic mass is 10.1. The Kier molecular flexibility index (Phi) is 5.72. The van der Waals surface area contributed by atoms with Gasteiger partial charge < -0.3 is 25.2 Å². The molecule has 0 aromatic carbocycles. The molecule has 148 valence electrons. The van der Waals surface area contributed by atoms with Crippen LogP contribution in [0.1, 0.15) is 33.7 Å². The van der Waals surface area contributed by atoms with E-state index in [9.17, 15) is 9.59 Å². The van der Waals surface area contributed by atoms with Crippen molar-refractivity contribution in [3.05, 3.63) is 15.6 Å². The molecule has 2 atom stereocenters. The van der Waals surface area contributed by atoms with Crippen LogP contribution in [0.15, 0.2) is 0 Å². The predicted octanol–water partition coefficient (Wildman–Crippen LogP) is -0.160. The number of thiazole rings is 1. The molecule has 0 bridgehead atoms. The average Bonchev–Trinajstić information content (AvgIpc) is 3.11. The van der Waals surface area contributed by atoms with E-state index in [1.165, 1.54) is 11.3 Å². The average molecular weight is 394 g/mol. The fourth-order valence-electron chi connectivity index (χ4n) is 3.88. The molecule has 0 radical (unpaired) electrons. The van der Waals surface area contributed by atoms with Crippen LogP contribution < -0.4 is 10.6 Å². The lowest BCUT2D eigenvalue weighted by Crippen LogP contribution is -2.55. The van der Waals surface area contributed by atoms with E-state index >= 15 is 0 Å². The highest BCUT2D eigenvalue weighted by molar-refractivity contribution is 7.13. The highest BCUT2D eigenvalue weighted by Crippen LogP contribution is 2.25. The molecule has 27 heavy (non-hydrogen) atoms. The third kappa shape index (κ3) is 4.16. The van der Waals surface area contributed by atoms with Crippen molar-refractivity contribution in [2.45, 2.75) is 38.4 Å². The van der Waals surface area contributed by atoms with E-state index in [4.69, 9.17) is 4.74 Å². The lowest BCUT2D eigenvalue weighted by molar-refractivity contribution is -0.136. The predicted molar refractivity (Wildman–Crippen MR) is 102 cm³/mol. The van der Waals surface area contributed by atoms with E-state index in [0.29, 0.717) is 56.9 Å². The summed E-state index contributed by atoms with van der Waals surface area (Å²) in [5, 5.41) is 7.29. The van der Waals surface area contributed by atoms with Crippen molar-refractivity contribution in [3.63, 3.8) is 0 Å². The van der Waals surface area contributed by atoms with Crippen molar-refractivity contribution in [2.24, 2.45) is 0 Å². The fourth-order valence-corrected chi connectivity index (χ4v) is 4.87. The Morgan fingerprint density at radius 1 is 1.30 bits per heavy atom. The summed E-state index contributed by atoms with van der Waals surface area (Å²) in [6, 6.07) is 0.264. The molecule has 9 heteroatoms. The van der Waals surface area contributed by atoms with Crippen LogP contribution in [0, 0.1) is 0 Å². The first-order valence-corrected chi connectivity index (χ1v) is 10.5. The Hall–Kier alpha value is -1.55. The van der Waals surface area contributed by atoms with Crippen LogP contribution in [-0.2, 0) is 22.5 Å². The summed E-state index contributed by atoms with van der Waals surface area (Å²) in [6.07, 6.45) is 1.21. The Morgan fingerprint density at radius 3 is 2.93 bits per heavy atom. The summed E-state index contributed by atoms with van der Waals surface area (Å²) in [7, 11) is 0. The van der Waals surface area contributed by atoms with Crippen LogP contribution in [0.2, 0.25) is 0 Å². The van der Waals surface area contributed by atoms with E-state index < -0.39 is 0 Å². The second kappa shape index (κ2) is 8.22. The molecule has 2 fully saturated rings. The van der Waals surface area contributed by atoms with Crippen LogP contribution >= 0.6 is 11.3 Å². The molecule has 2 N–H and O–H groups in total. The maximum absolute atomic E-state index is 13.1. The molecule has 0 spiro atoms. The van der Waals surface area contributed by atoms with Gasteiger partial charge in [-0.05, 0) is 6.92 Å². The van der Waals surface area contributed by atoms with Crippen molar-refractivity contribution >= 4 is 23.2 Å². The topological polar surface area (TPSA) is 86.8 Å². The van der Waals surface area contributed by atoms with Gasteiger partial charge in [0.05, 0.1) is 24.9 Å². The number of amides is 2. The van der Waals surface area contributed by atoms with Crippen LogP contribution in [0.3, 0.4) is 0 Å².